The van der Waals surface area contributed by atoms with Crippen molar-refractivity contribution in [3.63, 3.8) is 0 Å². The fourth-order valence-electron chi connectivity index (χ4n) is 3.49. The van der Waals surface area contributed by atoms with Crippen LogP contribution in [0.3, 0.4) is 0 Å². The standard InChI is InChI=1S/C20H30O3Si/c1-5-16-20(23-24(2,3)4,18-14-10-7-11-15-18)22-19(21)17-12-8-6-9-13-17/h5-6,8-9,12-13,18H,1,7,10-11,14-16H2,2-4H3. The lowest BCUT2D eigenvalue weighted by Crippen LogP contribution is -2.51. The van der Waals surface area contributed by atoms with Crippen molar-refractivity contribution in [1.29, 1.82) is 0 Å². The van der Waals surface area contributed by atoms with Crippen molar-refractivity contribution < 1.29 is 14.0 Å². The first-order chi connectivity index (χ1) is 11.4. The van der Waals surface area contributed by atoms with E-state index >= 15 is 0 Å². The van der Waals surface area contributed by atoms with Crippen LogP contribution in [-0.2, 0) is 9.16 Å². The minimum absolute atomic E-state index is 0.239. The first-order valence-electron chi connectivity index (χ1n) is 8.96. The van der Waals surface area contributed by atoms with E-state index < -0.39 is 14.1 Å². The number of esters is 1. The number of carbonyl (C=O) groups is 1. The highest BCUT2D eigenvalue weighted by molar-refractivity contribution is 6.69. The highest BCUT2D eigenvalue weighted by Crippen LogP contribution is 2.41. The lowest BCUT2D eigenvalue weighted by atomic mass is 9.81. The molecule has 24 heavy (non-hydrogen) atoms. The number of benzene rings is 1. The molecule has 1 aromatic rings. The molecule has 1 unspecified atom stereocenters. The SMILES string of the molecule is C=CCC(OC(=O)c1ccccc1)(O[Si](C)(C)C)C1CCCCC1. The summed E-state index contributed by atoms with van der Waals surface area (Å²) in [6, 6.07) is 9.18. The third-order valence-electron chi connectivity index (χ3n) is 4.41. The number of hydrogen-bond acceptors (Lipinski definition) is 3. The highest BCUT2D eigenvalue weighted by atomic mass is 28.4. The molecule has 0 spiro atoms. The summed E-state index contributed by atoms with van der Waals surface area (Å²) < 4.78 is 12.6. The number of carbonyl (C=O) groups excluding carboxylic acids is 1. The molecular weight excluding hydrogens is 316 g/mol. The molecule has 1 saturated carbocycles. The molecule has 1 fully saturated rings. The van der Waals surface area contributed by atoms with Crippen molar-refractivity contribution in [2.24, 2.45) is 5.92 Å². The van der Waals surface area contributed by atoms with Crippen LogP contribution >= 0.6 is 0 Å². The summed E-state index contributed by atoms with van der Waals surface area (Å²) in [5.41, 5.74) is 0.570. The third kappa shape index (κ3) is 5.05. The normalized spacial score (nSPS) is 18.6. The first kappa shape index (κ1) is 18.9. The van der Waals surface area contributed by atoms with Gasteiger partial charge in [-0.2, -0.15) is 0 Å². The molecule has 1 aromatic carbocycles. The second-order valence-corrected chi connectivity index (χ2v) is 12.0. The molecule has 132 valence electrons. The van der Waals surface area contributed by atoms with Crippen molar-refractivity contribution in [1.82, 2.24) is 0 Å². The molecule has 3 nitrogen and oxygen atoms in total. The zero-order valence-corrected chi connectivity index (χ0v) is 16.2. The van der Waals surface area contributed by atoms with Crippen LogP contribution in [-0.4, -0.2) is 20.1 Å². The summed E-state index contributed by atoms with van der Waals surface area (Å²) in [7, 11) is -1.91. The second kappa shape index (κ2) is 8.12. The van der Waals surface area contributed by atoms with E-state index in [9.17, 15) is 4.79 Å². The van der Waals surface area contributed by atoms with Gasteiger partial charge in [-0.05, 0) is 44.6 Å². The Bertz CT molecular complexity index is 544. The molecule has 2 rings (SSSR count). The van der Waals surface area contributed by atoms with Gasteiger partial charge in [0.05, 0.1) is 5.56 Å². The Balaban J connectivity index is 2.31. The minimum atomic E-state index is -1.91. The van der Waals surface area contributed by atoms with E-state index in [4.69, 9.17) is 9.16 Å². The van der Waals surface area contributed by atoms with E-state index in [-0.39, 0.29) is 11.9 Å². The molecule has 0 bridgehead atoms. The summed E-state index contributed by atoms with van der Waals surface area (Å²) >= 11 is 0. The molecule has 1 atom stereocenters. The Hall–Kier alpha value is -1.39. The summed E-state index contributed by atoms with van der Waals surface area (Å²) in [6.07, 6.45) is 8.04. The first-order valence-corrected chi connectivity index (χ1v) is 12.4. The molecule has 0 radical (unpaired) electrons. The van der Waals surface area contributed by atoms with Gasteiger partial charge in [-0.25, -0.2) is 4.79 Å². The van der Waals surface area contributed by atoms with E-state index in [1.165, 1.54) is 19.3 Å². The fraction of sp³-hybridized carbons (Fsp3) is 0.550. The lowest BCUT2D eigenvalue weighted by Gasteiger charge is -2.44. The Kier molecular flexibility index (Phi) is 6.41. The fourth-order valence-corrected chi connectivity index (χ4v) is 4.82. The predicted molar refractivity (Wildman–Crippen MR) is 100 cm³/mol. The van der Waals surface area contributed by atoms with Crippen LogP contribution in [0.25, 0.3) is 0 Å². The molecule has 1 aliphatic rings. The molecule has 0 amide bonds. The molecule has 0 heterocycles. The van der Waals surface area contributed by atoms with Crippen LogP contribution < -0.4 is 0 Å². The highest BCUT2D eigenvalue weighted by Gasteiger charge is 2.46. The van der Waals surface area contributed by atoms with Gasteiger partial charge in [0.15, 0.2) is 8.32 Å². The van der Waals surface area contributed by atoms with Crippen LogP contribution in [0, 0.1) is 5.92 Å². The molecule has 0 N–H and O–H groups in total. The maximum atomic E-state index is 12.7. The van der Waals surface area contributed by atoms with Gasteiger partial charge < -0.3 is 9.16 Å². The maximum absolute atomic E-state index is 12.7. The van der Waals surface area contributed by atoms with Gasteiger partial charge in [-0.3, -0.25) is 0 Å². The monoisotopic (exact) mass is 346 g/mol. The zero-order valence-electron chi connectivity index (χ0n) is 15.2. The van der Waals surface area contributed by atoms with Gasteiger partial charge in [0, 0.05) is 12.3 Å². The topological polar surface area (TPSA) is 35.5 Å². The second-order valence-electron chi connectivity index (χ2n) is 7.61. The molecule has 1 aliphatic carbocycles. The van der Waals surface area contributed by atoms with Crippen molar-refractivity contribution in [3.8, 4) is 0 Å². The van der Waals surface area contributed by atoms with Crippen molar-refractivity contribution in [2.45, 2.75) is 64.0 Å². The lowest BCUT2D eigenvalue weighted by molar-refractivity contribution is -0.191. The smallest absolute Gasteiger partial charge is 0.340 e. The summed E-state index contributed by atoms with van der Waals surface area (Å²) in [6.45, 7) is 10.3. The Morgan fingerprint density at radius 3 is 2.38 bits per heavy atom. The van der Waals surface area contributed by atoms with E-state index in [2.05, 4.69) is 26.2 Å². The molecule has 4 heteroatoms. The van der Waals surface area contributed by atoms with E-state index in [0.29, 0.717) is 12.0 Å². The van der Waals surface area contributed by atoms with E-state index in [0.717, 1.165) is 12.8 Å². The van der Waals surface area contributed by atoms with Gasteiger partial charge >= 0.3 is 5.97 Å². The van der Waals surface area contributed by atoms with Crippen molar-refractivity contribution in [2.75, 3.05) is 0 Å². The van der Waals surface area contributed by atoms with Gasteiger partial charge in [0.2, 0.25) is 5.79 Å². The Morgan fingerprint density at radius 1 is 1.21 bits per heavy atom. The zero-order chi connectivity index (χ0) is 17.6. The van der Waals surface area contributed by atoms with Crippen LogP contribution in [0.15, 0.2) is 43.0 Å². The quantitative estimate of drug-likeness (QED) is 0.281. The molecular formula is C20H30O3Si. The van der Waals surface area contributed by atoms with Crippen LogP contribution in [0.2, 0.25) is 19.6 Å². The third-order valence-corrected chi connectivity index (χ3v) is 5.37. The summed E-state index contributed by atoms with van der Waals surface area (Å²) in [4.78, 5) is 12.7. The largest absolute Gasteiger partial charge is 0.430 e. The molecule has 0 aliphatic heterocycles. The van der Waals surface area contributed by atoms with Gasteiger partial charge in [0.25, 0.3) is 0 Å². The number of ether oxygens (including phenoxy) is 1. The average molecular weight is 347 g/mol. The van der Waals surface area contributed by atoms with Gasteiger partial charge in [-0.1, -0.05) is 43.5 Å². The van der Waals surface area contributed by atoms with Crippen LogP contribution in [0.1, 0.15) is 48.9 Å². The van der Waals surface area contributed by atoms with Crippen molar-refractivity contribution >= 4 is 14.3 Å². The predicted octanol–water partition coefficient (Wildman–Crippen LogP) is 5.55. The van der Waals surface area contributed by atoms with Crippen molar-refractivity contribution in [3.05, 3.63) is 48.6 Å². The summed E-state index contributed by atoms with van der Waals surface area (Å²) in [5, 5.41) is 0. The van der Waals surface area contributed by atoms with E-state index in [1.807, 2.05) is 24.3 Å². The maximum Gasteiger partial charge on any atom is 0.340 e. The summed E-state index contributed by atoms with van der Waals surface area (Å²) in [5.74, 6) is -0.940. The van der Waals surface area contributed by atoms with Crippen LogP contribution in [0.5, 0.6) is 0 Å². The average Bonchev–Trinajstić information content (AvgIpc) is 2.55. The molecule has 0 aromatic heterocycles. The Morgan fingerprint density at radius 2 is 1.83 bits per heavy atom. The number of hydrogen-bond donors (Lipinski definition) is 0. The van der Waals surface area contributed by atoms with Gasteiger partial charge in [-0.15, -0.1) is 6.58 Å². The van der Waals surface area contributed by atoms with Gasteiger partial charge in [0.1, 0.15) is 0 Å². The molecule has 0 saturated heterocycles. The van der Waals surface area contributed by atoms with Crippen LogP contribution in [0.4, 0.5) is 0 Å². The van der Waals surface area contributed by atoms with E-state index in [1.54, 1.807) is 12.1 Å². The minimum Gasteiger partial charge on any atom is -0.430 e. The number of rotatable bonds is 7. The Labute approximate surface area is 147 Å².